The first kappa shape index (κ1) is 14.6. The molecule has 108 valence electrons. The van der Waals surface area contributed by atoms with E-state index in [1.807, 2.05) is 36.1 Å². The number of benzene rings is 1. The van der Waals surface area contributed by atoms with Gasteiger partial charge in [0.15, 0.2) is 0 Å². The Morgan fingerprint density at radius 3 is 2.65 bits per heavy atom. The molecular weight excluding hydrogens is 250 g/mol. The molecule has 1 aliphatic rings. The highest BCUT2D eigenvalue weighted by molar-refractivity contribution is 5.76. The summed E-state index contributed by atoms with van der Waals surface area (Å²) in [7, 11) is 1.66. The molecule has 0 spiro atoms. The quantitative estimate of drug-likeness (QED) is 0.743. The second-order valence-electron chi connectivity index (χ2n) is 5.23. The van der Waals surface area contributed by atoms with Crippen LogP contribution in [0.5, 0.6) is 5.75 Å². The fourth-order valence-corrected chi connectivity index (χ4v) is 2.55. The molecule has 2 rings (SSSR count). The average Bonchev–Trinajstić information content (AvgIpc) is 2.98. The Kier molecular flexibility index (Phi) is 5.22. The van der Waals surface area contributed by atoms with Gasteiger partial charge in [0.25, 0.3) is 0 Å². The van der Waals surface area contributed by atoms with Gasteiger partial charge in [-0.25, -0.2) is 0 Å². The van der Waals surface area contributed by atoms with Crippen molar-refractivity contribution < 1.29 is 9.53 Å². The largest absolute Gasteiger partial charge is 0.497 e. The van der Waals surface area contributed by atoms with Crippen LogP contribution in [0.2, 0.25) is 0 Å². The second-order valence-corrected chi connectivity index (χ2v) is 5.23. The molecule has 1 aliphatic carbocycles. The van der Waals surface area contributed by atoms with Crippen molar-refractivity contribution in [3.8, 4) is 5.75 Å². The summed E-state index contributed by atoms with van der Waals surface area (Å²) < 4.78 is 5.15. The fraction of sp³-hybridized carbons (Fsp3) is 0.471. The summed E-state index contributed by atoms with van der Waals surface area (Å²) in [4.78, 5) is 14.2. The highest BCUT2D eigenvalue weighted by Crippen LogP contribution is 2.22. The van der Waals surface area contributed by atoms with Gasteiger partial charge in [-0.2, -0.15) is 0 Å². The molecule has 0 radical (unpaired) electrons. The maximum atomic E-state index is 12.3. The third kappa shape index (κ3) is 3.86. The second kappa shape index (κ2) is 7.13. The Hall–Kier alpha value is -1.77. The van der Waals surface area contributed by atoms with E-state index < -0.39 is 0 Å². The Balaban J connectivity index is 1.92. The Labute approximate surface area is 121 Å². The van der Waals surface area contributed by atoms with E-state index in [1.54, 1.807) is 7.11 Å². The van der Waals surface area contributed by atoms with Crippen molar-refractivity contribution in [2.45, 2.75) is 32.7 Å². The first-order valence-electron chi connectivity index (χ1n) is 7.30. The smallest absolute Gasteiger partial charge is 0.223 e. The first-order chi connectivity index (χ1) is 9.72. The lowest BCUT2D eigenvalue weighted by Gasteiger charge is -2.22. The maximum absolute atomic E-state index is 12.3. The van der Waals surface area contributed by atoms with Gasteiger partial charge >= 0.3 is 0 Å². The van der Waals surface area contributed by atoms with E-state index >= 15 is 0 Å². The number of allylic oxidation sites excluding steroid dienone is 2. The van der Waals surface area contributed by atoms with Gasteiger partial charge < -0.3 is 9.64 Å². The van der Waals surface area contributed by atoms with Crippen molar-refractivity contribution in [3.63, 3.8) is 0 Å². The fourth-order valence-electron chi connectivity index (χ4n) is 2.55. The van der Waals surface area contributed by atoms with Crippen LogP contribution < -0.4 is 4.74 Å². The first-order valence-corrected chi connectivity index (χ1v) is 7.30. The predicted octanol–water partition coefficient (Wildman–Crippen LogP) is 3.40. The van der Waals surface area contributed by atoms with Crippen LogP contribution in [0.15, 0.2) is 36.4 Å². The average molecular weight is 273 g/mol. The van der Waals surface area contributed by atoms with Gasteiger partial charge in [0, 0.05) is 19.5 Å². The van der Waals surface area contributed by atoms with Gasteiger partial charge in [-0.15, -0.1) is 0 Å². The van der Waals surface area contributed by atoms with Crippen LogP contribution >= 0.6 is 0 Å². The van der Waals surface area contributed by atoms with E-state index in [9.17, 15) is 4.79 Å². The molecule has 0 saturated heterocycles. The molecule has 0 saturated carbocycles. The van der Waals surface area contributed by atoms with E-state index in [1.165, 1.54) is 0 Å². The van der Waals surface area contributed by atoms with Crippen molar-refractivity contribution in [1.82, 2.24) is 4.90 Å². The van der Waals surface area contributed by atoms with Gasteiger partial charge in [-0.3, -0.25) is 4.79 Å². The molecule has 0 heterocycles. The number of amides is 1. The van der Waals surface area contributed by atoms with E-state index in [4.69, 9.17) is 4.74 Å². The minimum Gasteiger partial charge on any atom is -0.497 e. The Morgan fingerprint density at radius 1 is 1.35 bits per heavy atom. The molecular formula is C17H23NO2. The lowest BCUT2D eigenvalue weighted by Crippen LogP contribution is -2.31. The van der Waals surface area contributed by atoms with Crippen LogP contribution in [-0.4, -0.2) is 24.5 Å². The number of hydrogen-bond donors (Lipinski definition) is 0. The molecule has 0 aromatic heterocycles. The van der Waals surface area contributed by atoms with Gasteiger partial charge in [0.05, 0.1) is 7.11 Å². The number of methoxy groups -OCH3 is 1. The topological polar surface area (TPSA) is 29.5 Å². The molecule has 3 nitrogen and oxygen atoms in total. The van der Waals surface area contributed by atoms with Crippen LogP contribution in [0.1, 0.15) is 31.7 Å². The summed E-state index contributed by atoms with van der Waals surface area (Å²) in [6.45, 7) is 3.46. The molecule has 0 N–H and O–H groups in total. The standard InChI is InChI=1S/C17H23NO2/c1-3-18(17(19)12-14-6-4-5-7-14)13-15-8-10-16(20-2)11-9-15/h4,6,8-11,14H,3,5,7,12-13H2,1-2H3. The molecule has 1 amide bonds. The summed E-state index contributed by atoms with van der Waals surface area (Å²) in [6.07, 6.45) is 7.23. The normalized spacial score (nSPS) is 17.2. The van der Waals surface area contributed by atoms with Crippen molar-refractivity contribution in [1.29, 1.82) is 0 Å². The van der Waals surface area contributed by atoms with Crippen molar-refractivity contribution in [2.75, 3.05) is 13.7 Å². The van der Waals surface area contributed by atoms with E-state index in [0.717, 1.165) is 30.7 Å². The van der Waals surface area contributed by atoms with E-state index in [-0.39, 0.29) is 5.91 Å². The zero-order valence-electron chi connectivity index (χ0n) is 12.3. The summed E-state index contributed by atoms with van der Waals surface area (Å²) in [5.41, 5.74) is 1.14. The molecule has 20 heavy (non-hydrogen) atoms. The monoisotopic (exact) mass is 273 g/mol. The number of rotatable bonds is 6. The third-order valence-electron chi connectivity index (χ3n) is 3.82. The summed E-state index contributed by atoms with van der Waals surface area (Å²) in [6, 6.07) is 7.91. The summed E-state index contributed by atoms with van der Waals surface area (Å²) in [5, 5.41) is 0. The predicted molar refractivity (Wildman–Crippen MR) is 80.6 cm³/mol. The highest BCUT2D eigenvalue weighted by Gasteiger charge is 2.18. The third-order valence-corrected chi connectivity index (χ3v) is 3.82. The molecule has 1 unspecified atom stereocenters. The maximum Gasteiger partial charge on any atom is 0.223 e. The zero-order valence-corrected chi connectivity index (χ0v) is 12.3. The molecule has 1 aromatic rings. The van der Waals surface area contributed by atoms with Crippen LogP contribution in [0.3, 0.4) is 0 Å². The minimum absolute atomic E-state index is 0.250. The van der Waals surface area contributed by atoms with E-state index in [0.29, 0.717) is 18.9 Å². The van der Waals surface area contributed by atoms with Crippen LogP contribution in [0.25, 0.3) is 0 Å². The van der Waals surface area contributed by atoms with Crippen LogP contribution in [0, 0.1) is 5.92 Å². The van der Waals surface area contributed by atoms with Gasteiger partial charge in [0.1, 0.15) is 5.75 Å². The summed E-state index contributed by atoms with van der Waals surface area (Å²) >= 11 is 0. The number of nitrogens with zero attached hydrogens (tertiary/aromatic N) is 1. The van der Waals surface area contributed by atoms with Crippen molar-refractivity contribution >= 4 is 5.91 Å². The van der Waals surface area contributed by atoms with Gasteiger partial charge in [0.2, 0.25) is 5.91 Å². The van der Waals surface area contributed by atoms with Crippen molar-refractivity contribution in [3.05, 3.63) is 42.0 Å². The zero-order chi connectivity index (χ0) is 14.4. The Bertz CT molecular complexity index is 464. The lowest BCUT2D eigenvalue weighted by atomic mass is 10.0. The minimum atomic E-state index is 0.250. The molecule has 1 atom stereocenters. The van der Waals surface area contributed by atoms with E-state index in [2.05, 4.69) is 12.2 Å². The number of carbonyl (C=O) groups excluding carboxylic acids is 1. The molecule has 1 aromatic carbocycles. The highest BCUT2D eigenvalue weighted by atomic mass is 16.5. The van der Waals surface area contributed by atoms with Gasteiger partial charge in [-0.1, -0.05) is 24.3 Å². The van der Waals surface area contributed by atoms with Crippen molar-refractivity contribution in [2.24, 2.45) is 5.92 Å². The SMILES string of the molecule is CCN(Cc1ccc(OC)cc1)C(=O)CC1C=CCC1. The molecule has 0 bridgehead atoms. The summed E-state index contributed by atoms with van der Waals surface area (Å²) in [5.74, 6) is 1.53. The Morgan fingerprint density at radius 2 is 2.10 bits per heavy atom. The number of ether oxygens (including phenoxy) is 1. The number of carbonyl (C=O) groups is 1. The van der Waals surface area contributed by atoms with Crippen LogP contribution in [-0.2, 0) is 11.3 Å². The molecule has 0 fully saturated rings. The molecule has 0 aliphatic heterocycles. The van der Waals surface area contributed by atoms with Crippen LogP contribution in [0.4, 0.5) is 0 Å². The van der Waals surface area contributed by atoms with Gasteiger partial charge in [-0.05, 0) is 43.4 Å². The number of hydrogen-bond acceptors (Lipinski definition) is 2. The lowest BCUT2D eigenvalue weighted by molar-refractivity contribution is -0.132. The molecule has 3 heteroatoms.